The Kier molecular flexibility index (Phi) is 7.93. The predicted molar refractivity (Wildman–Crippen MR) is 100 cm³/mol. The van der Waals surface area contributed by atoms with E-state index >= 15 is 0 Å². The van der Waals surface area contributed by atoms with Crippen LogP contribution in [-0.2, 0) is 0 Å². The van der Waals surface area contributed by atoms with Crippen molar-refractivity contribution >= 4 is 27.8 Å². The van der Waals surface area contributed by atoms with E-state index in [9.17, 15) is 0 Å². The third-order valence-electron chi connectivity index (χ3n) is 3.41. The predicted octanol–water partition coefficient (Wildman–Crippen LogP) is 7.05. The molecule has 0 fully saturated rings. The molecular weight excluding hydrogens is 329 g/mol. The van der Waals surface area contributed by atoms with Gasteiger partial charge in [-0.3, -0.25) is 0 Å². The van der Waals surface area contributed by atoms with Gasteiger partial charge in [0, 0.05) is 0 Å². The van der Waals surface area contributed by atoms with Gasteiger partial charge < -0.3 is 0 Å². The van der Waals surface area contributed by atoms with Crippen molar-refractivity contribution in [2.24, 2.45) is 3.70 Å². The van der Waals surface area contributed by atoms with Gasteiger partial charge in [-0.25, -0.2) is 0 Å². The Hall–Kier alpha value is 1.20. The Bertz CT molecular complexity index is 308. The summed E-state index contributed by atoms with van der Waals surface area (Å²) in [4.78, 5) is 0. The molecule has 0 saturated carbocycles. The van der Waals surface area contributed by atoms with E-state index in [4.69, 9.17) is 3.70 Å². The van der Waals surface area contributed by atoms with E-state index in [0.717, 1.165) is 22.6 Å². The molecule has 4 heteroatoms. The van der Waals surface area contributed by atoms with Crippen LogP contribution in [0.3, 0.4) is 0 Å². The summed E-state index contributed by atoms with van der Waals surface area (Å²) >= 11 is -1.90. The summed E-state index contributed by atoms with van der Waals surface area (Å²) < 4.78 is 5.71. The molecule has 0 aliphatic rings. The van der Waals surface area contributed by atoms with Gasteiger partial charge in [-0.2, -0.15) is 0 Å². The first-order chi connectivity index (χ1) is 8.36. The van der Waals surface area contributed by atoms with E-state index in [-0.39, 0.29) is 7.61 Å². The maximum atomic E-state index is 5.71. The van der Waals surface area contributed by atoms with Crippen LogP contribution in [-0.4, -0.2) is 36.1 Å². The molecule has 0 aliphatic carbocycles. The van der Waals surface area contributed by atoms with Crippen molar-refractivity contribution in [1.29, 1.82) is 0 Å². The van der Waals surface area contributed by atoms with Crippen molar-refractivity contribution in [1.82, 2.24) is 0 Å². The second kappa shape index (κ2) is 7.46. The van der Waals surface area contributed by atoms with Gasteiger partial charge >= 0.3 is 127 Å². The van der Waals surface area contributed by atoms with E-state index in [0.29, 0.717) is 0 Å². The molecular formula is C15H37GeNP2. The van der Waals surface area contributed by atoms with Crippen LogP contribution < -0.4 is 0 Å². The van der Waals surface area contributed by atoms with Crippen LogP contribution in [0.15, 0.2) is 3.70 Å². The summed E-state index contributed by atoms with van der Waals surface area (Å²) in [6, 6.07) is 0. The third kappa shape index (κ3) is 5.15. The zero-order valence-electron chi connectivity index (χ0n) is 15.2. The second-order valence-corrected chi connectivity index (χ2v) is 27.9. The zero-order valence-corrected chi connectivity index (χ0v) is 19.0. The van der Waals surface area contributed by atoms with E-state index in [2.05, 4.69) is 72.7 Å². The second-order valence-electron chi connectivity index (χ2n) is 7.73. The maximum absolute atomic E-state index is 5.71. The van der Waals surface area contributed by atoms with Crippen LogP contribution in [0.1, 0.15) is 55.4 Å². The monoisotopic (exact) mass is 367 g/mol. The van der Waals surface area contributed by atoms with E-state index in [1.807, 2.05) is 0 Å². The van der Waals surface area contributed by atoms with Crippen molar-refractivity contribution < 1.29 is 0 Å². The van der Waals surface area contributed by atoms with Gasteiger partial charge in [0.1, 0.15) is 0 Å². The van der Waals surface area contributed by atoms with Gasteiger partial charge in [-0.05, 0) is 0 Å². The summed E-state index contributed by atoms with van der Waals surface area (Å²) in [6.45, 7) is 18.4. The molecule has 0 aliphatic heterocycles. The number of hydrogen-bond donors (Lipinski definition) is 0. The topological polar surface area (TPSA) is 12.4 Å². The van der Waals surface area contributed by atoms with E-state index in [1.54, 1.807) is 0 Å². The van der Waals surface area contributed by atoms with Gasteiger partial charge in [0.25, 0.3) is 0 Å². The molecule has 0 bridgehead atoms. The normalized spacial score (nSPS) is 14.3. The molecule has 0 radical (unpaired) electrons. The average molecular weight is 366 g/mol. The van der Waals surface area contributed by atoms with Gasteiger partial charge in [0.05, 0.1) is 0 Å². The summed E-state index contributed by atoms with van der Waals surface area (Å²) in [7, 11) is 0.0217. The molecule has 0 rings (SSSR count). The number of nitrogens with zero attached hydrogens (tertiary/aromatic N) is 1. The summed E-state index contributed by atoms with van der Waals surface area (Å²) in [5.41, 5.74) is 3.13. The van der Waals surface area contributed by atoms with E-state index < -0.39 is 20.2 Å². The fourth-order valence-corrected chi connectivity index (χ4v) is 32.7. The molecule has 0 atom stereocenters. The first-order valence-corrected chi connectivity index (χ1v) is 19.1. The van der Waals surface area contributed by atoms with Crippen LogP contribution >= 0.6 is 14.4 Å². The molecule has 116 valence electrons. The van der Waals surface area contributed by atoms with Gasteiger partial charge in [0.15, 0.2) is 0 Å². The van der Waals surface area contributed by atoms with Crippen LogP contribution in [0.5, 0.6) is 0 Å². The molecule has 19 heavy (non-hydrogen) atoms. The molecule has 0 aromatic rings. The summed E-state index contributed by atoms with van der Waals surface area (Å²) in [5, 5.41) is 0. The third-order valence-corrected chi connectivity index (χ3v) is 25.2. The molecule has 0 aromatic heterocycles. The van der Waals surface area contributed by atoms with Crippen molar-refractivity contribution in [2.45, 2.75) is 95.3 Å². The van der Waals surface area contributed by atoms with Gasteiger partial charge in [0.2, 0.25) is 0 Å². The quantitative estimate of drug-likeness (QED) is 0.353. The van der Waals surface area contributed by atoms with Crippen LogP contribution in [0.2, 0.25) is 17.3 Å². The molecule has 0 N–H and O–H groups in total. The van der Waals surface area contributed by atoms with Crippen molar-refractivity contribution in [3.8, 4) is 0 Å². The molecule has 0 aromatic carbocycles. The molecule has 0 spiro atoms. The summed E-state index contributed by atoms with van der Waals surface area (Å²) in [6.07, 6.45) is 0. The SMILES string of the molecule is CC(C)P(C(C)C)P(=[N][Ge]([CH3])([CH3])[CH3])(C(C)C)C(C)C. The van der Waals surface area contributed by atoms with Gasteiger partial charge in [-0.15, -0.1) is 0 Å². The van der Waals surface area contributed by atoms with Crippen molar-refractivity contribution in [3.63, 3.8) is 0 Å². The average Bonchev–Trinajstić information content (AvgIpc) is 2.11. The first kappa shape index (κ1) is 20.2. The molecule has 0 unspecified atom stereocenters. The molecule has 0 amide bonds. The molecule has 0 saturated heterocycles. The first-order valence-electron chi connectivity index (χ1n) is 7.78. The zero-order chi connectivity index (χ0) is 15.6. The molecule has 0 heterocycles. The minimum absolute atomic E-state index is 0.0217. The van der Waals surface area contributed by atoms with Crippen molar-refractivity contribution in [2.75, 3.05) is 0 Å². The molecule has 1 nitrogen and oxygen atoms in total. The van der Waals surface area contributed by atoms with Crippen LogP contribution in [0, 0.1) is 0 Å². The van der Waals surface area contributed by atoms with E-state index in [1.165, 1.54) is 0 Å². The summed E-state index contributed by atoms with van der Waals surface area (Å²) in [5.74, 6) is 7.40. The fourth-order valence-electron chi connectivity index (χ4n) is 3.23. The Labute approximate surface area is 127 Å². The van der Waals surface area contributed by atoms with Gasteiger partial charge in [-0.1, -0.05) is 0 Å². The Morgan fingerprint density at radius 1 is 0.737 bits per heavy atom. The number of rotatable bonds is 6. The Morgan fingerprint density at radius 3 is 1.21 bits per heavy atom. The van der Waals surface area contributed by atoms with Crippen molar-refractivity contribution in [3.05, 3.63) is 0 Å². The van der Waals surface area contributed by atoms with Crippen LogP contribution in [0.25, 0.3) is 0 Å². The minimum atomic E-state index is -1.90. The Morgan fingerprint density at radius 2 is 1.05 bits per heavy atom. The Balaban J connectivity index is 6.23. The number of hydrogen-bond acceptors (Lipinski definition) is 1. The standard InChI is InChI=1S/C15H37GeNP2/c1-12(2)18(13(3)4)19(14(5)6,15(7)8)17-16(9,10)11/h12-15H,1-11H3. The van der Waals surface area contributed by atoms with Crippen LogP contribution in [0.4, 0.5) is 0 Å². The fraction of sp³-hybridized carbons (Fsp3) is 1.00.